The Balaban J connectivity index is 2.40. The van der Waals surface area contributed by atoms with Crippen LogP contribution < -0.4 is 0 Å². The molecule has 0 unspecified atom stereocenters. The molecule has 2 nitrogen and oxygen atoms in total. The minimum atomic E-state index is -0.378. The molecule has 1 atom stereocenters. The van der Waals surface area contributed by atoms with E-state index in [2.05, 4.69) is 6.58 Å². The Morgan fingerprint density at radius 3 is 2.59 bits per heavy atom. The Kier molecular flexibility index (Phi) is 3.24. The third-order valence-electron chi connectivity index (χ3n) is 2.61. The molecule has 0 spiro atoms. The Labute approximate surface area is 101 Å². The van der Waals surface area contributed by atoms with Crippen molar-refractivity contribution in [3.63, 3.8) is 0 Å². The summed E-state index contributed by atoms with van der Waals surface area (Å²) in [5.41, 5.74) is 0.939. The van der Waals surface area contributed by atoms with Crippen LogP contribution in [0.2, 0.25) is 0 Å². The average Bonchev–Trinajstić information content (AvgIpc) is 2.35. The van der Waals surface area contributed by atoms with Crippen LogP contribution in [0.15, 0.2) is 55.1 Å². The number of ether oxygens (including phenoxy) is 1. The summed E-state index contributed by atoms with van der Waals surface area (Å²) in [7, 11) is 0. The standard InChI is InChI=1S/C15H14O2/c1-3-15(17-11(2)16)14-9-8-12-6-4-5-7-13(12)10-14/h3-10,15H,1H2,2H3/t15-/m0/s1. The van der Waals surface area contributed by atoms with E-state index in [9.17, 15) is 4.79 Å². The molecular weight excluding hydrogens is 212 g/mol. The third-order valence-corrected chi connectivity index (χ3v) is 2.61. The van der Waals surface area contributed by atoms with E-state index < -0.39 is 0 Å². The molecule has 0 aliphatic rings. The number of benzene rings is 2. The van der Waals surface area contributed by atoms with Crippen molar-refractivity contribution in [1.82, 2.24) is 0 Å². The van der Waals surface area contributed by atoms with Crippen LogP contribution in [-0.4, -0.2) is 5.97 Å². The van der Waals surface area contributed by atoms with Crippen molar-refractivity contribution in [2.45, 2.75) is 13.0 Å². The van der Waals surface area contributed by atoms with E-state index in [1.807, 2.05) is 42.5 Å². The first kappa shape index (κ1) is 11.4. The maximum Gasteiger partial charge on any atom is 0.303 e. The van der Waals surface area contributed by atoms with Gasteiger partial charge in [0, 0.05) is 6.92 Å². The second kappa shape index (κ2) is 4.83. The molecule has 86 valence electrons. The van der Waals surface area contributed by atoms with Gasteiger partial charge in [-0.25, -0.2) is 0 Å². The van der Waals surface area contributed by atoms with Crippen LogP contribution in [0.3, 0.4) is 0 Å². The van der Waals surface area contributed by atoms with E-state index in [4.69, 9.17) is 4.74 Å². The van der Waals surface area contributed by atoms with Crippen molar-refractivity contribution in [1.29, 1.82) is 0 Å². The quantitative estimate of drug-likeness (QED) is 0.590. The molecule has 0 N–H and O–H groups in total. The van der Waals surface area contributed by atoms with Gasteiger partial charge in [0.25, 0.3) is 0 Å². The number of hydrogen-bond acceptors (Lipinski definition) is 2. The van der Waals surface area contributed by atoms with Gasteiger partial charge in [-0.15, -0.1) is 0 Å². The van der Waals surface area contributed by atoms with Crippen LogP contribution in [-0.2, 0) is 9.53 Å². The fourth-order valence-electron chi connectivity index (χ4n) is 1.82. The molecule has 0 radical (unpaired) electrons. The zero-order chi connectivity index (χ0) is 12.3. The molecule has 0 aromatic heterocycles. The van der Waals surface area contributed by atoms with Gasteiger partial charge in [0.05, 0.1) is 0 Å². The molecule has 17 heavy (non-hydrogen) atoms. The van der Waals surface area contributed by atoms with Crippen molar-refractivity contribution in [2.24, 2.45) is 0 Å². The summed E-state index contributed by atoms with van der Waals surface area (Å²) < 4.78 is 5.18. The number of carbonyl (C=O) groups is 1. The third kappa shape index (κ3) is 2.53. The normalized spacial score (nSPS) is 12.1. The van der Waals surface area contributed by atoms with Crippen molar-refractivity contribution >= 4 is 16.7 Å². The molecule has 0 saturated carbocycles. The van der Waals surface area contributed by atoms with Crippen molar-refractivity contribution in [3.8, 4) is 0 Å². The SMILES string of the molecule is C=C[C@H](OC(C)=O)c1ccc2ccccc2c1. The molecule has 0 fully saturated rings. The number of fused-ring (bicyclic) bond motifs is 1. The predicted molar refractivity (Wildman–Crippen MR) is 68.7 cm³/mol. The highest BCUT2D eigenvalue weighted by Gasteiger charge is 2.10. The lowest BCUT2D eigenvalue weighted by atomic mass is 10.0. The van der Waals surface area contributed by atoms with E-state index in [1.165, 1.54) is 12.3 Å². The predicted octanol–water partition coefficient (Wildman–Crippen LogP) is 3.63. The maximum absolute atomic E-state index is 11.0. The molecule has 0 aliphatic carbocycles. The second-order valence-corrected chi connectivity index (χ2v) is 3.87. The summed E-state index contributed by atoms with van der Waals surface area (Å²) in [4.78, 5) is 11.0. The Morgan fingerprint density at radius 1 is 1.24 bits per heavy atom. The topological polar surface area (TPSA) is 26.3 Å². The van der Waals surface area contributed by atoms with Gasteiger partial charge in [-0.2, -0.15) is 0 Å². The van der Waals surface area contributed by atoms with Gasteiger partial charge in [0.1, 0.15) is 6.10 Å². The highest BCUT2D eigenvalue weighted by atomic mass is 16.5. The van der Waals surface area contributed by atoms with Crippen LogP contribution in [0.4, 0.5) is 0 Å². The molecule has 0 saturated heterocycles. The molecule has 0 amide bonds. The highest BCUT2D eigenvalue weighted by molar-refractivity contribution is 5.83. The van der Waals surface area contributed by atoms with Crippen molar-refractivity contribution in [3.05, 3.63) is 60.7 Å². The minimum Gasteiger partial charge on any atom is -0.453 e. The molecule has 2 aromatic rings. The Bertz CT molecular complexity index is 558. The summed E-state index contributed by atoms with van der Waals surface area (Å²) >= 11 is 0. The van der Waals surface area contributed by atoms with Crippen LogP contribution in [0.5, 0.6) is 0 Å². The highest BCUT2D eigenvalue weighted by Crippen LogP contribution is 2.23. The van der Waals surface area contributed by atoms with Gasteiger partial charge in [0.2, 0.25) is 0 Å². The van der Waals surface area contributed by atoms with Crippen molar-refractivity contribution < 1.29 is 9.53 Å². The van der Waals surface area contributed by atoms with E-state index in [-0.39, 0.29) is 12.1 Å². The van der Waals surface area contributed by atoms with Gasteiger partial charge in [-0.1, -0.05) is 43.0 Å². The first-order chi connectivity index (χ1) is 8.20. The van der Waals surface area contributed by atoms with Gasteiger partial charge in [0.15, 0.2) is 0 Å². The lowest BCUT2D eigenvalue weighted by Gasteiger charge is -2.13. The summed E-state index contributed by atoms with van der Waals surface area (Å²) in [6.45, 7) is 5.09. The molecule has 0 bridgehead atoms. The Morgan fingerprint density at radius 2 is 1.94 bits per heavy atom. The van der Waals surface area contributed by atoms with Crippen LogP contribution in [0.1, 0.15) is 18.6 Å². The van der Waals surface area contributed by atoms with Gasteiger partial charge in [-0.3, -0.25) is 4.79 Å². The molecule has 2 aromatic carbocycles. The van der Waals surface area contributed by atoms with Gasteiger partial charge < -0.3 is 4.74 Å². The monoisotopic (exact) mass is 226 g/mol. The number of hydrogen-bond donors (Lipinski definition) is 0. The first-order valence-electron chi connectivity index (χ1n) is 5.49. The number of esters is 1. The smallest absolute Gasteiger partial charge is 0.303 e. The summed E-state index contributed by atoms with van der Waals surface area (Å²) in [5.74, 6) is -0.303. The molecule has 2 heteroatoms. The first-order valence-corrected chi connectivity index (χ1v) is 5.49. The zero-order valence-electron chi connectivity index (χ0n) is 9.72. The van der Waals surface area contributed by atoms with E-state index in [0.29, 0.717) is 0 Å². The van der Waals surface area contributed by atoms with Crippen molar-refractivity contribution in [2.75, 3.05) is 0 Å². The molecule has 2 rings (SSSR count). The maximum atomic E-state index is 11.0. The second-order valence-electron chi connectivity index (χ2n) is 3.87. The summed E-state index contributed by atoms with van der Waals surface area (Å²) in [5, 5.41) is 2.30. The molecular formula is C15H14O2. The average molecular weight is 226 g/mol. The van der Waals surface area contributed by atoms with Gasteiger partial charge >= 0.3 is 5.97 Å². The van der Waals surface area contributed by atoms with E-state index in [1.54, 1.807) is 6.08 Å². The van der Waals surface area contributed by atoms with Crippen LogP contribution in [0.25, 0.3) is 10.8 Å². The number of rotatable bonds is 3. The zero-order valence-corrected chi connectivity index (χ0v) is 9.72. The summed E-state index contributed by atoms with van der Waals surface area (Å²) in [6, 6.07) is 14.1. The van der Waals surface area contributed by atoms with E-state index >= 15 is 0 Å². The van der Waals surface area contributed by atoms with E-state index in [0.717, 1.165) is 10.9 Å². The summed E-state index contributed by atoms with van der Waals surface area (Å²) in [6.07, 6.45) is 1.25. The fourth-order valence-corrected chi connectivity index (χ4v) is 1.82. The number of carbonyl (C=O) groups excluding carboxylic acids is 1. The minimum absolute atomic E-state index is 0.303. The molecule has 0 heterocycles. The fraction of sp³-hybridized carbons (Fsp3) is 0.133. The van der Waals surface area contributed by atoms with Gasteiger partial charge in [-0.05, 0) is 28.5 Å². The van der Waals surface area contributed by atoms with Crippen LogP contribution >= 0.6 is 0 Å². The van der Waals surface area contributed by atoms with Crippen LogP contribution in [0, 0.1) is 0 Å². The lowest BCUT2D eigenvalue weighted by molar-refractivity contribution is -0.144. The lowest BCUT2D eigenvalue weighted by Crippen LogP contribution is -2.05. The molecule has 0 aliphatic heterocycles. The Hall–Kier alpha value is -2.09. The largest absolute Gasteiger partial charge is 0.453 e.